The number of hydrogen-bond donors (Lipinski definition) is 1. The number of nitrogens with one attached hydrogen (secondary N) is 1. The third kappa shape index (κ3) is 5.77. The maximum absolute atomic E-state index is 14.2. The number of carbonyl (C=O) groups excluding carboxylic acids is 3. The molecule has 7 atom stereocenters. The summed E-state index contributed by atoms with van der Waals surface area (Å²) in [6.07, 6.45) is 5.52. The Kier molecular flexibility index (Phi) is 8.32. The molecule has 6 rings (SSSR count). The van der Waals surface area contributed by atoms with Gasteiger partial charge >= 0.3 is 12.1 Å². The number of ether oxygens (including phenoxy) is 3. The van der Waals surface area contributed by atoms with Crippen LogP contribution in [-0.2, 0) is 25.6 Å². The van der Waals surface area contributed by atoms with Gasteiger partial charge < -0.3 is 24.4 Å². The molecule has 238 valence electrons. The Morgan fingerprint density at radius 3 is 2.52 bits per heavy atom. The van der Waals surface area contributed by atoms with Crippen molar-refractivity contribution in [3.63, 3.8) is 0 Å². The van der Waals surface area contributed by atoms with Crippen molar-refractivity contribution in [2.75, 3.05) is 13.7 Å². The quantitative estimate of drug-likeness (QED) is 0.481. The molecule has 3 fully saturated rings. The van der Waals surface area contributed by atoms with E-state index in [1.54, 1.807) is 16.7 Å². The van der Waals surface area contributed by atoms with Gasteiger partial charge in [0.2, 0.25) is 5.91 Å². The first-order chi connectivity index (χ1) is 21.0. The van der Waals surface area contributed by atoms with E-state index in [9.17, 15) is 19.2 Å². The molecule has 2 saturated carbocycles. The maximum Gasteiger partial charge on any atom is 0.408 e. The van der Waals surface area contributed by atoms with E-state index in [1.165, 1.54) is 12.0 Å². The SMILES string of the molecule is COC(=O)[C@@H]1C[C@@H]2CN1C(=O)[C@H](C(C)(C)C)NC(=O)O[C@@H]1C[C@@H]3CC[C@@H]3[C@H]1CCCCCn1c(nc3ccccc3c1=O)O2. The van der Waals surface area contributed by atoms with E-state index in [2.05, 4.69) is 5.32 Å². The third-order valence-corrected chi connectivity index (χ3v) is 10.2. The summed E-state index contributed by atoms with van der Waals surface area (Å²) in [7, 11) is 1.28. The molecule has 1 N–H and O–H groups in total. The maximum atomic E-state index is 14.2. The molecule has 11 nitrogen and oxygen atoms in total. The molecule has 3 heterocycles. The molecule has 2 aliphatic carbocycles. The second kappa shape index (κ2) is 12.0. The van der Waals surface area contributed by atoms with Crippen molar-refractivity contribution in [1.82, 2.24) is 19.8 Å². The van der Waals surface area contributed by atoms with Crippen molar-refractivity contribution in [3.05, 3.63) is 34.6 Å². The zero-order valence-electron chi connectivity index (χ0n) is 26.1. The number of fused-ring (bicyclic) bond motifs is 7. The fourth-order valence-corrected chi connectivity index (χ4v) is 7.74. The highest BCUT2D eigenvalue weighted by atomic mass is 16.6. The predicted molar refractivity (Wildman–Crippen MR) is 162 cm³/mol. The van der Waals surface area contributed by atoms with Crippen molar-refractivity contribution >= 4 is 28.9 Å². The Bertz CT molecular complexity index is 1480. The van der Waals surface area contributed by atoms with Crippen LogP contribution in [0.2, 0.25) is 0 Å². The summed E-state index contributed by atoms with van der Waals surface area (Å²) in [6, 6.07) is 5.50. The van der Waals surface area contributed by atoms with Gasteiger partial charge in [0.1, 0.15) is 24.3 Å². The van der Waals surface area contributed by atoms with E-state index in [0.717, 1.165) is 44.9 Å². The van der Waals surface area contributed by atoms with Crippen molar-refractivity contribution < 1.29 is 28.6 Å². The first-order valence-corrected chi connectivity index (χ1v) is 16.1. The Morgan fingerprint density at radius 2 is 1.80 bits per heavy atom. The van der Waals surface area contributed by atoms with Crippen LogP contribution in [0.5, 0.6) is 6.01 Å². The molecule has 2 amide bonds. The molecule has 2 bridgehead atoms. The Labute approximate surface area is 257 Å². The molecule has 44 heavy (non-hydrogen) atoms. The number of benzene rings is 1. The van der Waals surface area contributed by atoms with Gasteiger partial charge in [0.05, 0.1) is 24.6 Å². The van der Waals surface area contributed by atoms with Crippen molar-refractivity contribution in [1.29, 1.82) is 0 Å². The van der Waals surface area contributed by atoms with Gasteiger partial charge in [-0.25, -0.2) is 9.59 Å². The van der Waals surface area contributed by atoms with E-state index in [0.29, 0.717) is 29.3 Å². The number of alkyl carbamates (subject to hydrolysis) is 1. The standard InChI is InChI=1S/C33H44N4O7/c1-33(2,3)27-29(39)37-18-20(17-25(37)30(40)42-4)43-31-34-24-12-8-7-11-23(24)28(38)36(31)15-9-5-6-10-22-21-14-13-19(21)16-26(22)44-32(41)35-27/h7-8,11-12,19-22,25-27H,5-6,9-10,13-18H2,1-4H3,(H,35,41)/t19-,20+,21-,22+,25-,26+,27+/m0/s1. The van der Waals surface area contributed by atoms with Gasteiger partial charge in [0, 0.05) is 13.0 Å². The highest BCUT2D eigenvalue weighted by Gasteiger charge is 2.50. The highest BCUT2D eigenvalue weighted by Crippen LogP contribution is 2.53. The fourth-order valence-electron chi connectivity index (χ4n) is 7.74. The fraction of sp³-hybridized carbons (Fsp3) is 0.667. The van der Waals surface area contributed by atoms with E-state index in [-0.39, 0.29) is 36.6 Å². The Balaban J connectivity index is 1.36. The number of hydrogen-bond acceptors (Lipinski definition) is 8. The lowest BCUT2D eigenvalue weighted by atomic mass is 9.71. The summed E-state index contributed by atoms with van der Waals surface area (Å²) in [5.74, 6) is 0.446. The number of aromatic nitrogens is 2. The average molecular weight is 609 g/mol. The van der Waals surface area contributed by atoms with E-state index in [4.69, 9.17) is 19.2 Å². The minimum Gasteiger partial charge on any atom is -0.467 e. The largest absolute Gasteiger partial charge is 0.467 e. The number of amides is 2. The summed E-state index contributed by atoms with van der Waals surface area (Å²) >= 11 is 0. The van der Waals surface area contributed by atoms with Gasteiger partial charge in [-0.05, 0) is 67.4 Å². The van der Waals surface area contributed by atoms with Crippen LogP contribution in [0, 0.1) is 23.2 Å². The van der Waals surface area contributed by atoms with Gasteiger partial charge in [-0.1, -0.05) is 45.7 Å². The third-order valence-electron chi connectivity index (χ3n) is 10.2. The molecule has 1 saturated heterocycles. The Hall–Kier alpha value is -3.63. The molecule has 1 aromatic heterocycles. The van der Waals surface area contributed by atoms with Gasteiger partial charge in [0.15, 0.2) is 0 Å². The van der Waals surface area contributed by atoms with Crippen LogP contribution in [0.1, 0.15) is 72.1 Å². The van der Waals surface area contributed by atoms with Crippen LogP contribution in [0.4, 0.5) is 4.79 Å². The predicted octanol–water partition coefficient (Wildman–Crippen LogP) is 4.05. The number of rotatable bonds is 1. The zero-order valence-corrected chi connectivity index (χ0v) is 26.1. The summed E-state index contributed by atoms with van der Waals surface area (Å²) in [5.41, 5.74) is -0.322. The van der Waals surface area contributed by atoms with Crippen LogP contribution in [0.25, 0.3) is 10.9 Å². The van der Waals surface area contributed by atoms with Gasteiger partial charge in [-0.15, -0.1) is 0 Å². The number of methoxy groups -OCH3 is 1. The number of esters is 1. The van der Waals surface area contributed by atoms with Crippen molar-refractivity contribution in [3.8, 4) is 6.01 Å². The lowest BCUT2D eigenvalue weighted by Crippen LogP contribution is -2.57. The minimum atomic E-state index is -0.951. The molecule has 1 aromatic carbocycles. The second-order valence-corrected chi connectivity index (χ2v) is 14.0. The molecular formula is C33H44N4O7. The van der Waals surface area contributed by atoms with Crippen LogP contribution in [0.15, 0.2) is 29.1 Å². The summed E-state index contributed by atoms with van der Waals surface area (Å²) in [4.78, 5) is 60.2. The first-order valence-electron chi connectivity index (χ1n) is 16.1. The second-order valence-electron chi connectivity index (χ2n) is 14.0. The Morgan fingerprint density at radius 1 is 1.00 bits per heavy atom. The molecule has 0 spiro atoms. The minimum absolute atomic E-state index is 0.0681. The van der Waals surface area contributed by atoms with E-state index >= 15 is 0 Å². The molecular weight excluding hydrogens is 564 g/mol. The van der Waals surface area contributed by atoms with Crippen LogP contribution < -0.4 is 15.6 Å². The smallest absolute Gasteiger partial charge is 0.408 e. The molecule has 0 radical (unpaired) electrons. The summed E-state index contributed by atoms with van der Waals surface area (Å²) in [6.45, 7) is 6.12. The van der Waals surface area contributed by atoms with E-state index < -0.39 is 41.6 Å². The van der Waals surface area contributed by atoms with Crippen LogP contribution in [-0.4, -0.2) is 70.4 Å². The monoisotopic (exact) mass is 608 g/mol. The van der Waals surface area contributed by atoms with Gasteiger partial charge in [-0.3, -0.25) is 14.2 Å². The lowest BCUT2D eigenvalue weighted by Gasteiger charge is -2.35. The summed E-state index contributed by atoms with van der Waals surface area (Å²) < 4.78 is 19.1. The van der Waals surface area contributed by atoms with Crippen molar-refractivity contribution in [2.24, 2.45) is 23.2 Å². The number of nitrogens with zero attached hydrogens (tertiary/aromatic N) is 3. The molecule has 0 unspecified atom stereocenters. The molecule has 4 aliphatic rings. The topological polar surface area (TPSA) is 129 Å². The van der Waals surface area contributed by atoms with Crippen LogP contribution >= 0.6 is 0 Å². The number of carbonyl (C=O) groups is 3. The van der Waals surface area contributed by atoms with Crippen molar-refractivity contribution in [2.45, 2.75) is 103 Å². The average Bonchev–Trinajstić information content (AvgIpc) is 3.49. The molecule has 11 heteroatoms. The highest BCUT2D eigenvalue weighted by molar-refractivity contribution is 5.91. The lowest BCUT2D eigenvalue weighted by molar-refractivity contribution is -0.152. The first kappa shape index (κ1) is 30.4. The molecule has 2 aromatic rings. The van der Waals surface area contributed by atoms with Crippen LogP contribution in [0.3, 0.4) is 0 Å². The normalized spacial score (nSPS) is 31.3. The van der Waals surface area contributed by atoms with Gasteiger partial charge in [0.25, 0.3) is 11.6 Å². The van der Waals surface area contributed by atoms with E-state index in [1.807, 2.05) is 32.9 Å². The summed E-state index contributed by atoms with van der Waals surface area (Å²) in [5, 5.41) is 3.39. The van der Waals surface area contributed by atoms with Gasteiger partial charge in [-0.2, -0.15) is 4.98 Å². The molecule has 2 aliphatic heterocycles. The zero-order chi connectivity index (χ0) is 31.2. The number of para-hydroxylation sites is 1.